The van der Waals surface area contributed by atoms with E-state index >= 15 is 4.39 Å². The molecule has 9 nitrogen and oxygen atoms in total. The SMILES string of the molecule is CC1(C#N)CC(N)(c2ncc(-c3cnc4nc5c(n4c3)C3CC5NC(=O)c4cccc(OC(F)F)c43)cc2F)C1. The smallest absolute Gasteiger partial charge is 0.387 e. The van der Waals surface area contributed by atoms with Crippen molar-refractivity contribution in [2.75, 3.05) is 0 Å². The lowest BCUT2D eigenvalue weighted by Gasteiger charge is -2.48. The third-order valence-electron chi connectivity index (χ3n) is 8.18. The van der Waals surface area contributed by atoms with Crippen LogP contribution in [-0.4, -0.2) is 31.9 Å². The molecule has 0 spiro atoms. The van der Waals surface area contributed by atoms with Crippen LogP contribution in [0.25, 0.3) is 16.9 Å². The van der Waals surface area contributed by atoms with E-state index in [2.05, 4.69) is 26.3 Å². The topological polar surface area (TPSA) is 131 Å². The number of hydrogen-bond donors (Lipinski definition) is 2. The summed E-state index contributed by atoms with van der Waals surface area (Å²) in [6.07, 6.45) is 5.84. The Hall–Kier alpha value is -4.50. The number of amides is 1. The second-order valence-corrected chi connectivity index (χ2v) is 11.0. The molecular formula is C28H22F3N7O2. The zero-order valence-electron chi connectivity index (χ0n) is 21.2. The summed E-state index contributed by atoms with van der Waals surface area (Å²) in [5, 5.41) is 12.3. The van der Waals surface area contributed by atoms with Crippen molar-refractivity contribution in [2.45, 2.75) is 50.3 Å². The minimum absolute atomic E-state index is 0.0683. The number of carbonyl (C=O) groups excluding carboxylic acids is 1. The zero-order valence-corrected chi connectivity index (χ0v) is 21.2. The average Bonchev–Trinajstić information content (AvgIpc) is 3.39. The van der Waals surface area contributed by atoms with Gasteiger partial charge in [-0.15, -0.1) is 0 Å². The molecule has 3 aliphatic rings. The maximum atomic E-state index is 15.3. The van der Waals surface area contributed by atoms with E-state index in [1.807, 2.05) is 0 Å². The Balaban J connectivity index is 1.31. The van der Waals surface area contributed by atoms with Gasteiger partial charge in [-0.1, -0.05) is 6.07 Å². The number of benzene rings is 1. The lowest BCUT2D eigenvalue weighted by molar-refractivity contribution is -0.0506. The normalized spacial score (nSPS) is 26.5. The van der Waals surface area contributed by atoms with Gasteiger partial charge in [0.2, 0.25) is 5.78 Å². The number of pyridine rings is 1. The van der Waals surface area contributed by atoms with Gasteiger partial charge in [-0.2, -0.15) is 14.0 Å². The number of nitrogens with zero attached hydrogens (tertiary/aromatic N) is 5. The van der Waals surface area contributed by atoms with Gasteiger partial charge >= 0.3 is 6.61 Å². The first-order valence-corrected chi connectivity index (χ1v) is 12.7. The van der Waals surface area contributed by atoms with Gasteiger partial charge in [-0.05, 0) is 44.4 Å². The number of aromatic nitrogens is 4. The lowest BCUT2D eigenvalue weighted by atomic mass is 9.58. The Morgan fingerprint density at radius 2 is 2.02 bits per heavy atom. The quantitative estimate of drug-likeness (QED) is 0.390. The molecule has 2 bridgehead atoms. The maximum Gasteiger partial charge on any atom is 0.387 e. The largest absolute Gasteiger partial charge is 0.434 e. The lowest BCUT2D eigenvalue weighted by Crippen LogP contribution is -2.54. The predicted molar refractivity (Wildman–Crippen MR) is 135 cm³/mol. The Bertz CT molecular complexity index is 1770. The summed E-state index contributed by atoms with van der Waals surface area (Å²) >= 11 is 0. The summed E-state index contributed by atoms with van der Waals surface area (Å²) in [5.41, 5.74) is 7.80. The molecule has 202 valence electrons. The van der Waals surface area contributed by atoms with E-state index in [9.17, 15) is 18.8 Å². The molecule has 7 rings (SSSR count). The summed E-state index contributed by atoms with van der Waals surface area (Å²) in [6.45, 7) is -1.27. The maximum absolute atomic E-state index is 15.3. The molecule has 3 N–H and O–H groups in total. The van der Waals surface area contributed by atoms with E-state index in [-0.39, 0.29) is 22.9 Å². The minimum atomic E-state index is -3.06. The number of fused-ring (bicyclic) bond motifs is 9. The molecule has 1 amide bonds. The molecule has 4 heterocycles. The Morgan fingerprint density at radius 3 is 2.75 bits per heavy atom. The highest BCUT2D eigenvalue weighted by molar-refractivity contribution is 5.98. The van der Waals surface area contributed by atoms with Gasteiger partial charge in [-0.25, -0.2) is 14.4 Å². The Kier molecular flexibility index (Phi) is 5.06. The van der Waals surface area contributed by atoms with Crippen LogP contribution in [0.3, 0.4) is 0 Å². The van der Waals surface area contributed by atoms with Gasteiger partial charge in [0.25, 0.3) is 5.91 Å². The second-order valence-electron chi connectivity index (χ2n) is 11.0. The third kappa shape index (κ3) is 3.50. The molecule has 1 aromatic carbocycles. The number of nitrogens with two attached hydrogens (primary N) is 1. The fourth-order valence-electron chi connectivity index (χ4n) is 6.65. The van der Waals surface area contributed by atoms with E-state index < -0.39 is 35.3 Å². The Morgan fingerprint density at radius 1 is 1.25 bits per heavy atom. The summed E-state index contributed by atoms with van der Waals surface area (Å²) in [5.74, 6) is -1.16. The van der Waals surface area contributed by atoms with Crippen LogP contribution in [0, 0.1) is 22.6 Å². The van der Waals surface area contributed by atoms with E-state index in [1.54, 1.807) is 29.8 Å². The molecule has 2 atom stereocenters. The molecule has 0 radical (unpaired) electrons. The summed E-state index contributed by atoms with van der Waals surface area (Å²) in [4.78, 5) is 26.4. The molecule has 2 unspecified atom stereocenters. The molecule has 4 aromatic rings. The molecule has 0 saturated heterocycles. The van der Waals surface area contributed by atoms with Crippen molar-refractivity contribution in [1.29, 1.82) is 5.26 Å². The molecule has 40 heavy (non-hydrogen) atoms. The highest BCUT2D eigenvalue weighted by Crippen LogP contribution is 2.52. The van der Waals surface area contributed by atoms with Crippen molar-refractivity contribution in [3.63, 3.8) is 0 Å². The highest BCUT2D eigenvalue weighted by atomic mass is 19.3. The number of rotatable bonds is 4. The van der Waals surface area contributed by atoms with Crippen LogP contribution < -0.4 is 15.8 Å². The van der Waals surface area contributed by atoms with Gasteiger partial charge in [0.1, 0.15) is 11.6 Å². The first kappa shape index (κ1) is 24.5. The molecule has 1 saturated carbocycles. The first-order chi connectivity index (χ1) is 19.1. The summed E-state index contributed by atoms with van der Waals surface area (Å²) in [7, 11) is 0. The summed E-state index contributed by atoms with van der Waals surface area (Å²) < 4.78 is 48.4. The van der Waals surface area contributed by atoms with Crippen LogP contribution in [0.2, 0.25) is 0 Å². The van der Waals surface area contributed by atoms with Gasteiger partial charge < -0.3 is 15.8 Å². The van der Waals surface area contributed by atoms with E-state index in [4.69, 9.17) is 10.5 Å². The van der Waals surface area contributed by atoms with Crippen LogP contribution in [0.15, 0.2) is 42.9 Å². The molecule has 1 aliphatic heterocycles. The second kappa shape index (κ2) is 8.25. The number of imidazole rings is 1. The van der Waals surface area contributed by atoms with Gasteiger partial charge in [0.05, 0.1) is 40.1 Å². The van der Waals surface area contributed by atoms with Crippen LogP contribution in [0.4, 0.5) is 13.2 Å². The fourth-order valence-corrected chi connectivity index (χ4v) is 6.65. The van der Waals surface area contributed by atoms with E-state index in [0.29, 0.717) is 53.1 Å². The number of hydrogen-bond acceptors (Lipinski definition) is 7. The summed E-state index contributed by atoms with van der Waals surface area (Å²) in [6, 6.07) is 7.63. The van der Waals surface area contributed by atoms with Gasteiger partial charge in [0, 0.05) is 46.8 Å². The van der Waals surface area contributed by atoms with Crippen molar-refractivity contribution in [3.8, 4) is 22.9 Å². The van der Waals surface area contributed by atoms with Crippen molar-refractivity contribution in [2.24, 2.45) is 11.1 Å². The monoisotopic (exact) mass is 545 g/mol. The minimum Gasteiger partial charge on any atom is -0.434 e. The first-order valence-electron chi connectivity index (χ1n) is 12.7. The molecule has 12 heteroatoms. The highest BCUT2D eigenvalue weighted by Gasteiger charge is 2.53. The van der Waals surface area contributed by atoms with Crippen molar-refractivity contribution >= 4 is 11.7 Å². The Labute approximate surface area is 225 Å². The molecule has 1 fully saturated rings. The van der Waals surface area contributed by atoms with Crippen molar-refractivity contribution in [3.05, 3.63) is 76.9 Å². The molecular weight excluding hydrogens is 523 g/mol. The van der Waals surface area contributed by atoms with Crippen molar-refractivity contribution in [1.82, 2.24) is 24.7 Å². The number of ether oxygens (including phenoxy) is 1. The van der Waals surface area contributed by atoms with Crippen LogP contribution >= 0.6 is 0 Å². The van der Waals surface area contributed by atoms with Crippen molar-refractivity contribution < 1.29 is 22.7 Å². The number of carbonyl (C=O) groups is 1. The third-order valence-corrected chi connectivity index (χ3v) is 8.18. The number of nitriles is 1. The fraction of sp³-hybridized carbons (Fsp3) is 0.321. The van der Waals surface area contributed by atoms with Gasteiger partial charge in [0.15, 0.2) is 0 Å². The average molecular weight is 546 g/mol. The van der Waals surface area contributed by atoms with E-state index in [1.165, 1.54) is 24.4 Å². The van der Waals surface area contributed by atoms with Crippen LogP contribution in [0.5, 0.6) is 5.75 Å². The number of alkyl halides is 2. The van der Waals surface area contributed by atoms with Crippen LogP contribution in [-0.2, 0) is 5.54 Å². The molecule has 3 aromatic heterocycles. The van der Waals surface area contributed by atoms with Gasteiger partial charge in [-0.3, -0.25) is 14.2 Å². The number of nitrogens with one attached hydrogen (secondary N) is 1. The molecule has 2 aliphatic carbocycles. The van der Waals surface area contributed by atoms with E-state index in [0.717, 1.165) is 0 Å². The predicted octanol–water partition coefficient (Wildman–Crippen LogP) is 4.33. The zero-order chi connectivity index (χ0) is 28.0. The number of halogens is 3. The van der Waals surface area contributed by atoms with Crippen LogP contribution in [0.1, 0.15) is 71.1 Å². The standard InChI is InChI=1S/C28H22F3N7O2/c1-27(12-32)10-28(33,11-27)23-17(29)5-13(7-34-23)14-8-35-26-37-21-18-6-16(22(21)38(26)9-14)20-15(24(39)36-18)3-2-4-19(20)40-25(30)31/h2-5,7-9,16,18,25H,6,10-11,33H2,1H3,(H,36,39).